The molecular formula is C14H19ClN2O3. The highest BCUT2D eigenvalue weighted by atomic mass is 35.5. The zero-order valence-electron chi connectivity index (χ0n) is 11.7. The molecule has 0 radical (unpaired) electrons. The summed E-state index contributed by atoms with van der Waals surface area (Å²) in [6, 6.07) is 4.50. The van der Waals surface area contributed by atoms with Gasteiger partial charge in [0.25, 0.3) is 0 Å². The highest BCUT2D eigenvalue weighted by Crippen LogP contribution is 2.30. The number of ether oxygens (including phenoxy) is 1. The van der Waals surface area contributed by atoms with Gasteiger partial charge in [-0.1, -0.05) is 17.7 Å². The average molecular weight is 299 g/mol. The minimum Gasteiger partial charge on any atom is -0.495 e. The summed E-state index contributed by atoms with van der Waals surface area (Å²) in [6.45, 7) is 3.20. The number of piperazine rings is 1. The number of carboxylic acids is 1. The zero-order valence-corrected chi connectivity index (χ0v) is 12.4. The number of benzene rings is 1. The maximum absolute atomic E-state index is 11.6. The molecule has 1 saturated heterocycles. The largest absolute Gasteiger partial charge is 0.495 e. The molecule has 0 amide bonds. The van der Waals surface area contributed by atoms with E-state index in [-0.39, 0.29) is 0 Å². The molecule has 5 nitrogen and oxygen atoms in total. The lowest BCUT2D eigenvalue weighted by Crippen LogP contribution is -2.47. The van der Waals surface area contributed by atoms with Crippen molar-refractivity contribution < 1.29 is 14.6 Å². The van der Waals surface area contributed by atoms with Crippen molar-refractivity contribution in [2.75, 3.05) is 40.3 Å². The Labute approximate surface area is 123 Å². The summed E-state index contributed by atoms with van der Waals surface area (Å²) in [4.78, 5) is 15.8. The number of hydrogen-bond acceptors (Lipinski definition) is 4. The lowest BCUT2D eigenvalue weighted by Gasteiger charge is -2.36. The fourth-order valence-corrected chi connectivity index (χ4v) is 2.71. The van der Waals surface area contributed by atoms with Gasteiger partial charge in [0.1, 0.15) is 11.8 Å². The first-order valence-electron chi connectivity index (χ1n) is 6.51. The van der Waals surface area contributed by atoms with Crippen LogP contribution in [0.4, 0.5) is 0 Å². The van der Waals surface area contributed by atoms with E-state index in [1.165, 1.54) is 7.11 Å². The Morgan fingerprint density at radius 2 is 2.00 bits per heavy atom. The van der Waals surface area contributed by atoms with Crippen molar-refractivity contribution in [1.82, 2.24) is 9.80 Å². The summed E-state index contributed by atoms with van der Waals surface area (Å²) in [7, 11) is 3.58. The Bertz CT molecular complexity index is 487. The molecule has 6 heteroatoms. The van der Waals surface area contributed by atoms with Crippen LogP contribution < -0.4 is 4.74 Å². The van der Waals surface area contributed by atoms with Gasteiger partial charge in [0.05, 0.1) is 12.1 Å². The van der Waals surface area contributed by atoms with Crippen LogP contribution in [0.3, 0.4) is 0 Å². The Kier molecular flexibility index (Phi) is 4.86. The number of rotatable bonds is 4. The van der Waals surface area contributed by atoms with Crippen LogP contribution in [0.2, 0.25) is 5.02 Å². The maximum atomic E-state index is 11.6. The Hall–Kier alpha value is -1.30. The first kappa shape index (κ1) is 15.1. The molecule has 0 bridgehead atoms. The van der Waals surface area contributed by atoms with Crippen molar-refractivity contribution in [3.8, 4) is 5.75 Å². The SMILES string of the molecule is COc1ccc(C(C(=O)O)N2CCN(C)CC2)cc1Cl. The normalized spacial score (nSPS) is 18.8. The summed E-state index contributed by atoms with van der Waals surface area (Å²) < 4.78 is 5.10. The van der Waals surface area contributed by atoms with Crippen LogP contribution in [0, 0.1) is 0 Å². The van der Waals surface area contributed by atoms with Gasteiger partial charge in [-0.05, 0) is 24.7 Å². The van der Waals surface area contributed by atoms with Gasteiger partial charge in [0.2, 0.25) is 0 Å². The van der Waals surface area contributed by atoms with E-state index in [9.17, 15) is 9.90 Å². The molecule has 1 fully saturated rings. The molecule has 1 heterocycles. The number of nitrogens with zero attached hydrogens (tertiary/aromatic N) is 2. The van der Waals surface area contributed by atoms with Gasteiger partial charge in [-0.25, -0.2) is 0 Å². The number of hydrogen-bond donors (Lipinski definition) is 1. The smallest absolute Gasteiger partial charge is 0.325 e. The van der Waals surface area contributed by atoms with Gasteiger partial charge < -0.3 is 14.7 Å². The summed E-state index contributed by atoms with van der Waals surface area (Å²) in [5.41, 5.74) is 0.688. The maximum Gasteiger partial charge on any atom is 0.325 e. The first-order valence-corrected chi connectivity index (χ1v) is 6.89. The van der Waals surface area contributed by atoms with Crippen LogP contribution in [0.1, 0.15) is 11.6 Å². The van der Waals surface area contributed by atoms with Gasteiger partial charge in [0, 0.05) is 26.2 Å². The molecular weight excluding hydrogens is 280 g/mol. The molecule has 2 rings (SSSR count). The van der Waals surface area contributed by atoms with Crippen molar-refractivity contribution in [3.05, 3.63) is 28.8 Å². The summed E-state index contributed by atoms with van der Waals surface area (Å²) >= 11 is 6.10. The van der Waals surface area contributed by atoms with Crippen LogP contribution in [-0.2, 0) is 4.79 Å². The molecule has 1 N–H and O–H groups in total. The molecule has 0 aromatic heterocycles. The molecule has 1 aromatic carbocycles. The molecule has 0 spiro atoms. The van der Waals surface area contributed by atoms with Crippen LogP contribution in [-0.4, -0.2) is 61.2 Å². The fraction of sp³-hybridized carbons (Fsp3) is 0.500. The number of halogens is 1. The lowest BCUT2D eigenvalue weighted by atomic mass is 10.0. The van der Waals surface area contributed by atoms with Gasteiger partial charge in [-0.15, -0.1) is 0 Å². The number of carboxylic acid groups (broad SMARTS) is 1. The number of methoxy groups -OCH3 is 1. The second-order valence-electron chi connectivity index (χ2n) is 4.97. The Morgan fingerprint density at radius 1 is 1.35 bits per heavy atom. The van der Waals surface area contributed by atoms with E-state index in [0.29, 0.717) is 16.3 Å². The molecule has 0 saturated carbocycles. The lowest BCUT2D eigenvalue weighted by molar-refractivity contribution is -0.144. The molecule has 20 heavy (non-hydrogen) atoms. The second-order valence-corrected chi connectivity index (χ2v) is 5.38. The highest BCUT2D eigenvalue weighted by molar-refractivity contribution is 6.32. The van der Waals surface area contributed by atoms with E-state index in [0.717, 1.165) is 26.2 Å². The van der Waals surface area contributed by atoms with Crippen molar-refractivity contribution in [3.63, 3.8) is 0 Å². The van der Waals surface area contributed by atoms with Crippen LogP contribution >= 0.6 is 11.6 Å². The molecule has 1 atom stereocenters. The second kappa shape index (κ2) is 6.43. The number of aliphatic carboxylic acids is 1. The number of likely N-dealkylation sites (N-methyl/N-ethyl adjacent to an activating group) is 1. The van der Waals surface area contributed by atoms with Gasteiger partial charge in [0.15, 0.2) is 0 Å². The van der Waals surface area contributed by atoms with Crippen LogP contribution in [0.25, 0.3) is 0 Å². The van der Waals surface area contributed by atoms with E-state index in [2.05, 4.69) is 4.90 Å². The minimum absolute atomic E-state index is 0.436. The predicted octanol–water partition coefficient (Wildman–Crippen LogP) is 1.72. The van der Waals surface area contributed by atoms with Crippen molar-refractivity contribution >= 4 is 17.6 Å². The average Bonchev–Trinajstić information content (AvgIpc) is 2.41. The molecule has 1 aliphatic heterocycles. The molecule has 110 valence electrons. The van der Waals surface area contributed by atoms with Crippen LogP contribution in [0.5, 0.6) is 5.75 Å². The Morgan fingerprint density at radius 3 is 2.50 bits per heavy atom. The predicted molar refractivity (Wildman–Crippen MR) is 77.5 cm³/mol. The summed E-state index contributed by atoms with van der Waals surface area (Å²) in [5.74, 6) is -0.297. The molecule has 0 aliphatic carbocycles. The third-order valence-corrected chi connectivity index (χ3v) is 3.92. The first-order chi connectivity index (χ1) is 9.52. The minimum atomic E-state index is -0.851. The summed E-state index contributed by atoms with van der Waals surface area (Å²) in [5, 5.41) is 9.97. The van der Waals surface area contributed by atoms with E-state index in [1.54, 1.807) is 18.2 Å². The van der Waals surface area contributed by atoms with Crippen molar-refractivity contribution in [1.29, 1.82) is 0 Å². The monoisotopic (exact) mass is 298 g/mol. The standard InChI is InChI=1S/C14H19ClN2O3/c1-16-5-7-17(8-6-16)13(14(18)19)10-3-4-12(20-2)11(15)9-10/h3-4,9,13H,5-8H2,1-2H3,(H,18,19). The van der Waals surface area contributed by atoms with Gasteiger partial charge in [-0.2, -0.15) is 0 Å². The van der Waals surface area contributed by atoms with E-state index in [4.69, 9.17) is 16.3 Å². The molecule has 1 unspecified atom stereocenters. The fourth-order valence-electron chi connectivity index (χ4n) is 2.44. The zero-order chi connectivity index (χ0) is 14.7. The van der Waals surface area contributed by atoms with E-state index >= 15 is 0 Å². The van der Waals surface area contributed by atoms with Gasteiger partial charge in [-0.3, -0.25) is 9.69 Å². The molecule has 1 aliphatic rings. The Balaban J connectivity index is 2.24. The van der Waals surface area contributed by atoms with E-state index < -0.39 is 12.0 Å². The highest BCUT2D eigenvalue weighted by Gasteiger charge is 2.29. The van der Waals surface area contributed by atoms with Crippen molar-refractivity contribution in [2.45, 2.75) is 6.04 Å². The molecule has 1 aromatic rings. The van der Waals surface area contributed by atoms with Crippen LogP contribution in [0.15, 0.2) is 18.2 Å². The third kappa shape index (κ3) is 3.23. The third-order valence-electron chi connectivity index (χ3n) is 3.63. The van der Waals surface area contributed by atoms with E-state index in [1.807, 2.05) is 11.9 Å². The summed E-state index contributed by atoms with van der Waals surface area (Å²) in [6.07, 6.45) is 0. The quantitative estimate of drug-likeness (QED) is 0.917. The topological polar surface area (TPSA) is 53.0 Å². The number of carbonyl (C=O) groups is 1. The van der Waals surface area contributed by atoms with Crippen molar-refractivity contribution in [2.24, 2.45) is 0 Å². The van der Waals surface area contributed by atoms with Gasteiger partial charge >= 0.3 is 5.97 Å².